The van der Waals surface area contributed by atoms with Crippen molar-refractivity contribution in [2.75, 3.05) is 0 Å². The van der Waals surface area contributed by atoms with Gasteiger partial charge >= 0.3 is 0 Å². The van der Waals surface area contributed by atoms with Gasteiger partial charge in [-0.25, -0.2) is 4.98 Å². The minimum absolute atomic E-state index is 0.613. The van der Waals surface area contributed by atoms with Crippen LogP contribution in [0.3, 0.4) is 0 Å². The van der Waals surface area contributed by atoms with E-state index in [9.17, 15) is 5.11 Å². The van der Waals surface area contributed by atoms with Gasteiger partial charge in [0.05, 0.1) is 18.2 Å². The Kier molecular flexibility index (Phi) is 2.33. The Hall–Kier alpha value is -1.61. The molecule has 0 aliphatic carbocycles. The highest BCUT2D eigenvalue weighted by Gasteiger charge is 2.10. The maximum absolute atomic E-state index is 9.90. The zero-order valence-corrected chi connectivity index (χ0v) is 7.94. The van der Waals surface area contributed by atoms with E-state index in [-0.39, 0.29) is 0 Å². The van der Waals surface area contributed by atoms with Gasteiger partial charge in [-0.3, -0.25) is 0 Å². The summed E-state index contributed by atoms with van der Waals surface area (Å²) in [4.78, 5) is 6.76. The van der Waals surface area contributed by atoms with Gasteiger partial charge in [0, 0.05) is 0 Å². The average Bonchev–Trinajstić information content (AvgIpc) is 2.71. The zero-order chi connectivity index (χ0) is 9.97. The molecule has 0 aliphatic heterocycles. The lowest BCUT2D eigenvalue weighted by atomic mass is 10.1. The van der Waals surface area contributed by atoms with Crippen molar-refractivity contribution in [3.8, 4) is 0 Å². The van der Waals surface area contributed by atoms with E-state index in [0.29, 0.717) is 5.69 Å². The van der Waals surface area contributed by atoms with Crippen LogP contribution in [0.4, 0.5) is 0 Å². The molecule has 0 aliphatic rings. The number of benzene rings is 1. The first-order valence-electron chi connectivity index (χ1n) is 4.50. The molecule has 1 unspecified atom stereocenters. The standard InChI is InChI=1S/C11H12N2O/c1-8-2-4-9(5-3-8)11(14)10-6-12-7-13-10/h2-7,11,14H,1H3,(H,12,13). The van der Waals surface area contributed by atoms with Crippen molar-refractivity contribution < 1.29 is 5.11 Å². The highest BCUT2D eigenvalue weighted by molar-refractivity contribution is 5.27. The van der Waals surface area contributed by atoms with Crippen molar-refractivity contribution in [1.82, 2.24) is 9.97 Å². The third-order valence-corrected chi connectivity index (χ3v) is 2.21. The minimum atomic E-state index is -0.613. The van der Waals surface area contributed by atoms with Crippen LogP contribution in [0.1, 0.15) is 22.9 Å². The molecule has 72 valence electrons. The van der Waals surface area contributed by atoms with Crippen molar-refractivity contribution in [3.05, 3.63) is 53.6 Å². The van der Waals surface area contributed by atoms with Crippen LogP contribution in [0.2, 0.25) is 0 Å². The van der Waals surface area contributed by atoms with Gasteiger partial charge in [-0.1, -0.05) is 29.8 Å². The Morgan fingerprint density at radius 1 is 1.29 bits per heavy atom. The maximum atomic E-state index is 9.90. The topological polar surface area (TPSA) is 48.9 Å². The summed E-state index contributed by atoms with van der Waals surface area (Å²) < 4.78 is 0. The summed E-state index contributed by atoms with van der Waals surface area (Å²) >= 11 is 0. The van der Waals surface area contributed by atoms with Crippen LogP contribution in [0.15, 0.2) is 36.8 Å². The van der Waals surface area contributed by atoms with E-state index in [4.69, 9.17) is 0 Å². The molecule has 0 fully saturated rings. The number of rotatable bonds is 2. The number of H-pyrrole nitrogens is 1. The van der Waals surface area contributed by atoms with Crippen LogP contribution in [-0.2, 0) is 0 Å². The number of nitrogens with zero attached hydrogens (tertiary/aromatic N) is 1. The lowest BCUT2D eigenvalue weighted by molar-refractivity contribution is 0.216. The van der Waals surface area contributed by atoms with Gasteiger partial charge in [-0.15, -0.1) is 0 Å². The van der Waals surface area contributed by atoms with Crippen molar-refractivity contribution in [2.24, 2.45) is 0 Å². The number of nitrogens with one attached hydrogen (secondary N) is 1. The van der Waals surface area contributed by atoms with Crippen molar-refractivity contribution >= 4 is 0 Å². The van der Waals surface area contributed by atoms with Crippen molar-refractivity contribution in [1.29, 1.82) is 0 Å². The Morgan fingerprint density at radius 3 is 2.57 bits per heavy atom. The molecule has 14 heavy (non-hydrogen) atoms. The summed E-state index contributed by atoms with van der Waals surface area (Å²) in [6.45, 7) is 2.02. The normalized spacial score (nSPS) is 12.7. The molecule has 2 aromatic rings. The number of hydrogen-bond donors (Lipinski definition) is 2. The number of hydrogen-bond acceptors (Lipinski definition) is 2. The van der Waals surface area contributed by atoms with E-state index < -0.39 is 6.10 Å². The summed E-state index contributed by atoms with van der Waals surface area (Å²) in [5.74, 6) is 0. The average molecular weight is 188 g/mol. The molecule has 1 aromatic heterocycles. The van der Waals surface area contributed by atoms with Gasteiger partial charge < -0.3 is 10.1 Å². The van der Waals surface area contributed by atoms with E-state index in [2.05, 4.69) is 9.97 Å². The van der Waals surface area contributed by atoms with Crippen molar-refractivity contribution in [2.45, 2.75) is 13.0 Å². The molecule has 3 heteroatoms. The van der Waals surface area contributed by atoms with E-state index in [1.165, 1.54) is 5.56 Å². The monoisotopic (exact) mass is 188 g/mol. The number of imidazole rings is 1. The Balaban J connectivity index is 2.28. The summed E-state index contributed by atoms with van der Waals surface area (Å²) in [6.07, 6.45) is 2.58. The second kappa shape index (κ2) is 3.64. The highest BCUT2D eigenvalue weighted by atomic mass is 16.3. The Labute approximate surface area is 82.4 Å². The second-order valence-corrected chi connectivity index (χ2v) is 3.32. The fourth-order valence-electron chi connectivity index (χ4n) is 1.34. The second-order valence-electron chi connectivity index (χ2n) is 3.32. The van der Waals surface area contributed by atoms with Crippen LogP contribution in [0.25, 0.3) is 0 Å². The summed E-state index contributed by atoms with van der Waals surface area (Å²) in [5, 5.41) is 9.90. The molecule has 3 nitrogen and oxygen atoms in total. The van der Waals surface area contributed by atoms with E-state index in [1.807, 2.05) is 31.2 Å². The molecule has 0 radical (unpaired) electrons. The molecule has 0 saturated carbocycles. The summed E-state index contributed by atoms with van der Waals surface area (Å²) in [5.41, 5.74) is 2.78. The molecule has 0 saturated heterocycles. The van der Waals surface area contributed by atoms with Crippen LogP contribution in [0.5, 0.6) is 0 Å². The first-order valence-corrected chi connectivity index (χ1v) is 4.50. The molecule has 1 heterocycles. The summed E-state index contributed by atoms with van der Waals surface area (Å²) in [6, 6.07) is 7.80. The smallest absolute Gasteiger partial charge is 0.120 e. The molecule has 0 bridgehead atoms. The van der Waals surface area contributed by atoms with Gasteiger partial charge in [0.1, 0.15) is 6.10 Å². The number of aliphatic hydroxyl groups excluding tert-OH is 1. The molecular formula is C11H12N2O. The predicted octanol–water partition coefficient (Wildman–Crippen LogP) is 1.80. The fourth-order valence-corrected chi connectivity index (χ4v) is 1.34. The first-order chi connectivity index (χ1) is 6.77. The lowest BCUT2D eigenvalue weighted by Crippen LogP contribution is -1.99. The highest BCUT2D eigenvalue weighted by Crippen LogP contribution is 2.19. The van der Waals surface area contributed by atoms with Gasteiger partial charge in [0.2, 0.25) is 0 Å². The first kappa shape index (κ1) is 8.97. The van der Waals surface area contributed by atoms with Gasteiger partial charge in [-0.2, -0.15) is 0 Å². The van der Waals surface area contributed by atoms with E-state index in [0.717, 1.165) is 5.56 Å². The molecule has 2 N–H and O–H groups in total. The van der Waals surface area contributed by atoms with E-state index in [1.54, 1.807) is 12.5 Å². The minimum Gasteiger partial charge on any atom is -0.382 e. The van der Waals surface area contributed by atoms with Gasteiger partial charge in [0.25, 0.3) is 0 Å². The molecule has 2 rings (SSSR count). The van der Waals surface area contributed by atoms with Crippen LogP contribution < -0.4 is 0 Å². The van der Waals surface area contributed by atoms with Crippen molar-refractivity contribution in [3.63, 3.8) is 0 Å². The molecule has 0 amide bonds. The van der Waals surface area contributed by atoms with Gasteiger partial charge in [-0.05, 0) is 12.5 Å². The van der Waals surface area contributed by atoms with Crippen LogP contribution in [0, 0.1) is 6.92 Å². The number of aliphatic hydroxyl groups is 1. The number of aromatic amines is 1. The predicted molar refractivity (Wildman–Crippen MR) is 53.8 cm³/mol. The Bertz CT molecular complexity index is 392. The van der Waals surface area contributed by atoms with Crippen LogP contribution in [-0.4, -0.2) is 15.1 Å². The quantitative estimate of drug-likeness (QED) is 0.755. The van der Waals surface area contributed by atoms with Crippen LogP contribution >= 0.6 is 0 Å². The molecule has 1 aromatic carbocycles. The lowest BCUT2D eigenvalue weighted by Gasteiger charge is -2.08. The number of aromatic nitrogens is 2. The van der Waals surface area contributed by atoms with E-state index >= 15 is 0 Å². The Morgan fingerprint density at radius 2 is 2.00 bits per heavy atom. The third-order valence-electron chi connectivity index (χ3n) is 2.21. The SMILES string of the molecule is Cc1ccc(C(O)c2cnc[nH]2)cc1. The maximum Gasteiger partial charge on any atom is 0.120 e. The molecule has 0 spiro atoms. The molecular weight excluding hydrogens is 176 g/mol. The molecule has 1 atom stereocenters. The zero-order valence-electron chi connectivity index (χ0n) is 7.94. The number of aryl methyl sites for hydroxylation is 1. The summed E-state index contributed by atoms with van der Waals surface area (Å²) in [7, 11) is 0. The fraction of sp³-hybridized carbons (Fsp3) is 0.182. The largest absolute Gasteiger partial charge is 0.382 e. The third kappa shape index (κ3) is 1.67. The van der Waals surface area contributed by atoms with Gasteiger partial charge in [0.15, 0.2) is 0 Å².